The van der Waals surface area contributed by atoms with Crippen LogP contribution in [0.3, 0.4) is 0 Å². The van der Waals surface area contributed by atoms with Crippen molar-refractivity contribution in [3.8, 4) is 0 Å². The van der Waals surface area contributed by atoms with Gasteiger partial charge >= 0.3 is 0 Å². The highest BCUT2D eigenvalue weighted by Crippen LogP contribution is 2.35. The average Bonchev–Trinajstić information content (AvgIpc) is 3.07. The van der Waals surface area contributed by atoms with Gasteiger partial charge in [-0.1, -0.05) is 55.8 Å². The number of benzene rings is 1. The predicted molar refractivity (Wildman–Crippen MR) is 128 cm³/mol. The van der Waals surface area contributed by atoms with E-state index >= 15 is 0 Å². The summed E-state index contributed by atoms with van der Waals surface area (Å²) in [6.07, 6.45) is 10.3. The van der Waals surface area contributed by atoms with Gasteiger partial charge in [0.15, 0.2) is 0 Å². The third kappa shape index (κ3) is 10.6. The van der Waals surface area contributed by atoms with Gasteiger partial charge in [0.2, 0.25) is 0 Å². The fourth-order valence-electron chi connectivity index (χ4n) is 3.35. The third-order valence-corrected chi connectivity index (χ3v) is 4.76. The second-order valence-corrected chi connectivity index (χ2v) is 7.76. The van der Waals surface area contributed by atoms with Crippen LogP contribution in [0.1, 0.15) is 69.6 Å². The monoisotopic (exact) mass is 384 g/mol. The molecular weight excluding hydrogens is 340 g/mol. The number of rotatable bonds is 4. The molecule has 1 aliphatic heterocycles. The summed E-state index contributed by atoms with van der Waals surface area (Å²) in [4.78, 5) is 0. The Kier molecular flexibility index (Phi) is 14.4. The van der Waals surface area contributed by atoms with E-state index in [-0.39, 0.29) is 0 Å². The number of allylic oxidation sites excluding steroid dienone is 3. The van der Waals surface area contributed by atoms with Crippen molar-refractivity contribution in [2.24, 2.45) is 0 Å². The summed E-state index contributed by atoms with van der Waals surface area (Å²) in [6, 6.07) is 6.85. The van der Waals surface area contributed by atoms with Gasteiger partial charge in [0.1, 0.15) is 0 Å². The fraction of sp³-hybridized carbons (Fsp3) is 0.538. The molecule has 1 fully saturated rings. The number of aryl methyl sites for hydroxylation is 2. The number of nitrogens with one attached hydrogen (secondary N) is 2. The molecule has 3 rings (SSSR count). The standard InChI is InChI=1S/C13H16.C6H14N2.C5H8.C2H6/c1-3-4-11-6-7-12-9-10(2)5-8-13(11)12;1-6(2)5-7-3-4-8-6;1-3-5-4-2;1-2/h3,5,8-9,11H,1,4,6-7H2,2H3;7-8H,3-5H2,1-2H3;3-4H,1-2,5H2;1-2H3. The molecule has 2 aliphatic rings. The molecule has 0 saturated carbocycles. The van der Waals surface area contributed by atoms with Crippen molar-refractivity contribution in [2.45, 2.75) is 71.8 Å². The van der Waals surface area contributed by atoms with Crippen molar-refractivity contribution >= 4 is 0 Å². The Balaban J connectivity index is 0.000000417. The summed E-state index contributed by atoms with van der Waals surface area (Å²) in [7, 11) is 0. The number of hydrogen-bond acceptors (Lipinski definition) is 2. The molecule has 1 aliphatic carbocycles. The molecule has 1 saturated heterocycles. The van der Waals surface area contributed by atoms with E-state index in [4.69, 9.17) is 0 Å². The van der Waals surface area contributed by atoms with Gasteiger partial charge < -0.3 is 10.6 Å². The highest BCUT2D eigenvalue weighted by Gasteiger charge is 2.20. The molecule has 0 bridgehead atoms. The minimum Gasteiger partial charge on any atom is -0.314 e. The summed E-state index contributed by atoms with van der Waals surface area (Å²) < 4.78 is 0. The van der Waals surface area contributed by atoms with E-state index in [1.165, 1.54) is 18.4 Å². The zero-order chi connectivity index (χ0) is 21.4. The van der Waals surface area contributed by atoms with Crippen molar-refractivity contribution in [3.05, 3.63) is 72.9 Å². The number of hydrogen-bond donors (Lipinski definition) is 2. The zero-order valence-electron chi connectivity index (χ0n) is 19.1. The first-order valence-corrected chi connectivity index (χ1v) is 10.8. The Morgan fingerprint density at radius 1 is 1.07 bits per heavy atom. The minimum atomic E-state index is 0.318. The summed E-state index contributed by atoms with van der Waals surface area (Å²) in [6.45, 7) is 24.7. The first-order chi connectivity index (χ1) is 13.4. The van der Waals surface area contributed by atoms with Crippen molar-refractivity contribution in [2.75, 3.05) is 19.6 Å². The SMILES string of the molecule is C=CCC1CCc2cc(C)ccc21.C=CCC=C.CC.CC1(C)CNCCN1. The van der Waals surface area contributed by atoms with Gasteiger partial charge in [-0.25, -0.2) is 0 Å². The second kappa shape index (κ2) is 15.3. The summed E-state index contributed by atoms with van der Waals surface area (Å²) >= 11 is 0. The lowest BCUT2D eigenvalue weighted by Gasteiger charge is -2.31. The second-order valence-electron chi connectivity index (χ2n) is 7.76. The van der Waals surface area contributed by atoms with Gasteiger partial charge in [0, 0.05) is 25.2 Å². The molecule has 28 heavy (non-hydrogen) atoms. The van der Waals surface area contributed by atoms with Crippen LogP contribution >= 0.6 is 0 Å². The molecule has 0 amide bonds. The largest absolute Gasteiger partial charge is 0.314 e. The maximum Gasteiger partial charge on any atom is 0.0250 e. The third-order valence-electron chi connectivity index (χ3n) is 4.76. The van der Waals surface area contributed by atoms with Gasteiger partial charge in [0.25, 0.3) is 0 Å². The lowest BCUT2D eigenvalue weighted by Crippen LogP contribution is -2.55. The van der Waals surface area contributed by atoms with Crippen LogP contribution in [0.4, 0.5) is 0 Å². The Bertz CT molecular complexity index is 558. The van der Waals surface area contributed by atoms with Crippen molar-refractivity contribution in [1.29, 1.82) is 0 Å². The van der Waals surface area contributed by atoms with Crippen molar-refractivity contribution in [3.63, 3.8) is 0 Å². The molecule has 1 unspecified atom stereocenters. The molecule has 2 nitrogen and oxygen atoms in total. The number of piperazine rings is 1. The summed E-state index contributed by atoms with van der Waals surface area (Å²) in [5, 5.41) is 6.71. The molecule has 1 aromatic rings. The first-order valence-electron chi connectivity index (χ1n) is 10.8. The van der Waals surface area contributed by atoms with Crippen LogP contribution in [-0.4, -0.2) is 25.2 Å². The molecule has 0 spiro atoms. The topological polar surface area (TPSA) is 24.1 Å². The van der Waals surface area contributed by atoms with Gasteiger partial charge in [-0.3, -0.25) is 0 Å². The maximum absolute atomic E-state index is 3.81. The lowest BCUT2D eigenvalue weighted by molar-refractivity contribution is 0.323. The van der Waals surface area contributed by atoms with Gasteiger partial charge in [-0.2, -0.15) is 0 Å². The molecule has 1 aromatic carbocycles. The van der Waals surface area contributed by atoms with Crippen LogP contribution in [0, 0.1) is 6.92 Å². The molecule has 1 heterocycles. The molecular formula is C26H44N2. The van der Waals surface area contributed by atoms with Crippen LogP contribution in [0.2, 0.25) is 0 Å². The van der Waals surface area contributed by atoms with Crippen LogP contribution < -0.4 is 10.6 Å². The van der Waals surface area contributed by atoms with Crippen LogP contribution in [-0.2, 0) is 6.42 Å². The summed E-state index contributed by atoms with van der Waals surface area (Å²) in [5.74, 6) is 0.744. The normalized spacial score (nSPS) is 18.5. The van der Waals surface area contributed by atoms with E-state index in [2.05, 4.69) is 69.3 Å². The average molecular weight is 385 g/mol. The minimum absolute atomic E-state index is 0.318. The molecule has 0 aromatic heterocycles. The van der Waals surface area contributed by atoms with E-state index in [9.17, 15) is 0 Å². The first kappa shape index (κ1) is 26.4. The smallest absolute Gasteiger partial charge is 0.0250 e. The predicted octanol–water partition coefficient (Wildman–Crippen LogP) is 6.33. The number of fused-ring (bicyclic) bond motifs is 1. The summed E-state index contributed by atoms with van der Waals surface area (Å²) in [5.41, 5.74) is 4.83. The van der Waals surface area contributed by atoms with E-state index in [0.717, 1.165) is 38.4 Å². The Labute approximate surface area is 175 Å². The lowest BCUT2D eigenvalue weighted by atomic mass is 9.97. The molecule has 1 atom stereocenters. The van der Waals surface area contributed by atoms with Crippen molar-refractivity contribution < 1.29 is 0 Å². The highest BCUT2D eigenvalue weighted by atomic mass is 15.1. The van der Waals surface area contributed by atoms with Gasteiger partial charge in [-0.05, 0) is 63.5 Å². The fourth-order valence-corrected chi connectivity index (χ4v) is 3.35. The quantitative estimate of drug-likeness (QED) is 0.592. The highest BCUT2D eigenvalue weighted by molar-refractivity contribution is 5.38. The Morgan fingerprint density at radius 3 is 2.18 bits per heavy atom. The van der Waals surface area contributed by atoms with Gasteiger partial charge in [-0.15, -0.1) is 19.7 Å². The molecule has 2 N–H and O–H groups in total. The van der Waals surface area contributed by atoms with E-state index in [0.29, 0.717) is 5.54 Å². The Morgan fingerprint density at radius 2 is 1.75 bits per heavy atom. The maximum atomic E-state index is 3.81. The van der Waals surface area contributed by atoms with Crippen LogP contribution in [0.15, 0.2) is 56.2 Å². The van der Waals surface area contributed by atoms with E-state index < -0.39 is 0 Å². The molecule has 0 radical (unpaired) electrons. The van der Waals surface area contributed by atoms with Gasteiger partial charge in [0.05, 0.1) is 0 Å². The van der Waals surface area contributed by atoms with Crippen molar-refractivity contribution in [1.82, 2.24) is 10.6 Å². The molecule has 2 heteroatoms. The van der Waals surface area contributed by atoms with Crippen LogP contribution in [0.25, 0.3) is 0 Å². The zero-order valence-corrected chi connectivity index (χ0v) is 19.1. The van der Waals surface area contributed by atoms with Crippen LogP contribution in [0.5, 0.6) is 0 Å². The Hall–Kier alpha value is -1.64. The van der Waals surface area contributed by atoms with E-state index in [1.807, 2.05) is 32.1 Å². The van der Waals surface area contributed by atoms with E-state index in [1.54, 1.807) is 11.1 Å². The molecule has 158 valence electrons.